The van der Waals surface area contributed by atoms with E-state index in [1.807, 2.05) is 18.7 Å². The average molecular weight is 347 g/mol. The largest absolute Gasteiger partial charge is 0.465 e. The van der Waals surface area contributed by atoms with Gasteiger partial charge in [0, 0.05) is 18.5 Å². The molecule has 0 radical (unpaired) electrons. The second-order valence-electron chi connectivity index (χ2n) is 6.88. The van der Waals surface area contributed by atoms with Gasteiger partial charge in [-0.3, -0.25) is 0 Å². The first-order valence-electron chi connectivity index (χ1n) is 8.34. The van der Waals surface area contributed by atoms with Crippen LogP contribution in [0.5, 0.6) is 0 Å². The molecule has 0 N–H and O–H groups in total. The molecule has 0 atom stereocenters. The van der Waals surface area contributed by atoms with Crippen LogP contribution in [0.15, 0.2) is 16.5 Å². The molecule has 7 heteroatoms. The first kappa shape index (κ1) is 17.4. The Morgan fingerprint density at radius 3 is 2.84 bits per heavy atom. The Bertz CT molecular complexity index is 801. The quantitative estimate of drug-likeness (QED) is 0.791. The highest BCUT2D eigenvalue weighted by Gasteiger charge is 2.29. The Kier molecular flexibility index (Phi) is 4.49. The summed E-state index contributed by atoms with van der Waals surface area (Å²) < 4.78 is 24.5. The number of anilines is 1. The maximum Gasteiger partial charge on any atom is 0.338 e. The van der Waals surface area contributed by atoms with Crippen molar-refractivity contribution in [3.8, 4) is 0 Å². The third-order valence-corrected chi connectivity index (χ3v) is 4.85. The van der Waals surface area contributed by atoms with Crippen LogP contribution in [-0.4, -0.2) is 29.8 Å². The third-order valence-electron chi connectivity index (χ3n) is 4.85. The van der Waals surface area contributed by atoms with Crippen LogP contribution >= 0.6 is 0 Å². The summed E-state index contributed by atoms with van der Waals surface area (Å²) in [4.78, 5) is 13.8. The maximum atomic E-state index is 13.9. The molecule has 0 aliphatic carbocycles. The minimum absolute atomic E-state index is 0.191. The van der Waals surface area contributed by atoms with Gasteiger partial charge in [-0.05, 0) is 36.1 Å². The number of ether oxygens (including phenoxy) is 1. The summed E-state index contributed by atoms with van der Waals surface area (Å²) >= 11 is 0. The third kappa shape index (κ3) is 3.23. The predicted molar refractivity (Wildman–Crippen MR) is 90.1 cm³/mol. The van der Waals surface area contributed by atoms with Gasteiger partial charge in [-0.1, -0.05) is 25.9 Å². The molecule has 1 aromatic carbocycles. The zero-order valence-electron chi connectivity index (χ0n) is 14.9. The molecule has 25 heavy (non-hydrogen) atoms. The minimum Gasteiger partial charge on any atom is -0.465 e. The Labute approximate surface area is 146 Å². The van der Waals surface area contributed by atoms with Crippen LogP contribution in [-0.2, 0) is 23.1 Å². The van der Waals surface area contributed by atoms with Crippen molar-refractivity contribution in [3.05, 3.63) is 40.5 Å². The number of carbonyl (C=O) groups is 1. The fourth-order valence-corrected chi connectivity index (χ4v) is 2.88. The van der Waals surface area contributed by atoms with E-state index in [-0.39, 0.29) is 11.0 Å². The molecule has 0 saturated heterocycles. The molecule has 2 heterocycles. The molecular formula is C18H22FN3O3. The van der Waals surface area contributed by atoms with E-state index in [2.05, 4.69) is 17.1 Å². The van der Waals surface area contributed by atoms with E-state index in [9.17, 15) is 9.18 Å². The Hall–Kier alpha value is -2.44. The van der Waals surface area contributed by atoms with Crippen LogP contribution in [0.2, 0.25) is 0 Å². The van der Waals surface area contributed by atoms with Gasteiger partial charge in [-0.15, -0.1) is 5.10 Å². The molecule has 0 bridgehead atoms. The summed E-state index contributed by atoms with van der Waals surface area (Å²) in [5.74, 6) is -0.390. The molecule has 0 saturated carbocycles. The number of benzene rings is 1. The average Bonchev–Trinajstić information content (AvgIpc) is 3.10. The van der Waals surface area contributed by atoms with Gasteiger partial charge in [0.15, 0.2) is 0 Å². The lowest BCUT2D eigenvalue weighted by molar-refractivity contribution is 0.0598. The number of fused-ring (bicyclic) bond motifs is 1. The number of nitrogens with zero attached hydrogens (tertiary/aromatic N) is 3. The molecule has 0 unspecified atom stereocenters. The number of hydrogen-bond donors (Lipinski definition) is 0. The summed E-state index contributed by atoms with van der Waals surface area (Å²) in [6.07, 6.45) is 1.46. The monoisotopic (exact) mass is 347 g/mol. The van der Waals surface area contributed by atoms with E-state index in [0.29, 0.717) is 31.4 Å². The summed E-state index contributed by atoms with van der Waals surface area (Å²) in [5, 5.41) is 8.31. The molecule has 6 nitrogen and oxygen atoms in total. The number of halogens is 1. The lowest BCUT2D eigenvalue weighted by atomic mass is 9.90. The van der Waals surface area contributed by atoms with Gasteiger partial charge in [0.2, 0.25) is 5.89 Å². The minimum atomic E-state index is -0.519. The number of esters is 1. The summed E-state index contributed by atoms with van der Waals surface area (Å²) in [7, 11) is 1.30. The summed E-state index contributed by atoms with van der Waals surface area (Å²) in [6.45, 7) is 7.18. The molecule has 1 aliphatic heterocycles. The first-order valence-corrected chi connectivity index (χ1v) is 8.34. The highest BCUT2D eigenvalue weighted by Crippen LogP contribution is 2.31. The summed E-state index contributed by atoms with van der Waals surface area (Å²) in [6, 6.07) is 3.10. The van der Waals surface area contributed by atoms with Crippen LogP contribution in [0.3, 0.4) is 0 Å². The lowest BCUT2D eigenvalue weighted by Crippen LogP contribution is -2.32. The number of hydrogen-bond acceptors (Lipinski definition) is 6. The van der Waals surface area contributed by atoms with E-state index in [1.54, 1.807) is 0 Å². The number of rotatable bonds is 4. The predicted octanol–water partition coefficient (Wildman–Crippen LogP) is 3.25. The smallest absolute Gasteiger partial charge is 0.338 e. The van der Waals surface area contributed by atoms with E-state index in [4.69, 9.17) is 9.15 Å². The second kappa shape index (κ2) is 6.46. The van der Waals surface area contributed by atoms with Crippen molar-refractivity contribution in [2.45, 2.75) is 45.6 Å². The van der Waals surface area contributed by atoms with Crippen LogP contribution in [0.1, 0.15) is 54.6 Å². The van der Waals surface area contributed by atoms with E-state index < -0.39 is 11.8 Å². The van der Waals surface area contributed by atoms with Crippen LogP contribution in [0.4, 0.5) is 10.4 Å². The van der Waals surface area contributed by atoms with Gasteiger partial charge in [-0.2, -0.15) is 0 Å². The van der Waals surface area contributed by atoms with Crippen LogP contribution in [0.25, 0.3) is 0 Å². The van der Waals surface area contributed by atoms with E-state index in [1.165, 1.54) is 19.2 Å². The van der Waals surface area contributed by atoms with Gasteiger partial charge in [0.05, 0.1) is 12.7 Å². The van der Waals surface area contributed by atoms with Crippen molar-refractivity contribution in [2.75, 3.05) is 18.6 Å². The summed E-state index contributed by atoms with van der Waals surface area (Å²) in [5.41, 5.74) is 1.65. The zero-order chi connectivity index (χ0) is 18.2. The van der Waals surface area contributed by atoms with Gasteiger partial charge in [0.25, 0.3) is 0 Å². The van der Waals surface area contributed by atoms with Crippen molar-refractivity contribution in [1.82, 2.24) is 10.2 Å². The molecular weight excluding hydrogens is 325 g/mol. The highest BCUT2D eigenvalue weighted by molar-refractivity contribution is 5.91. The Morgan fingerprint density at radius 2 is 2.16 bits per heavy atom. The highest BCUT2D eigenvalue weighted by atomic mass is 19.1. The van der Waals surface area contributed by atoms with Gasteiger partial charge >= 0.3 is 12.0 Å². The molecule has 3 rings (SSSR count). The first-order chi connectivity index (χ1) is 11.9. The normalized spacial score (nSPS) is 14.4. The zero-order valence-corrected chi connectivity index (χ0v) is 14.9. The van der Waals surface area contributed by atoms with Crippen LogP contribution < -0.4 is 4.90 Å². The van der Waals surface area contributed by atoms with Gasteiger partial charge in [-0.25, -0.2) is 9.18 Å². The van der Waals surface area contributed by atoms with Gasteiger partial charge < -0.3 is 14.1 Å². The maximum absolute atomic E-state index is 13.9. The number of methoxy groups -OCH3 is 1. The Morgan fingerprint density at radius 1 is 1.40 bits per heavy atom. The lowest BCUT2D eigenvalue weighted by Gasteiger charge is -2.28. The topological polar surface area (TPSA) is 68.5 Å². The molecule has 134 valence electrons. The molecule has 1 aromatic heterocycles. The van der Waals surface area contributed by atoms with Crippen molar-refractivity contribution < 1.29 is 18.3 Å². The Balaban J connectivity index is 1.89. The van der Waals surface area contributed by atoms with Crippen molar-refractivity contribution >= 4 is 12.0 Å². The fourth-order valence-electron chi connectivity index (χ4n) is 2.88. The van der Waals surface area contributed by atoms with Crippen LogP contribution in [0, 0.1) is 5.82 Å². The molecule has 0 amide bonds. The van der Waals surface area contributed by atoms with E-state index >= 15 is 0 Å². The van der Waals surface area contributed by atoms with Gasteiger partial charge in [0.1, 0.15) is 5.82 Å². The molecule has 0 spiro atoms. The molecule has 0 fully saturated rings. The molecule has 2 aromatic rings. The number of carbonyl (C=O) groups excluding carboxylic acids is 1. The van der Waals surface area contributed by atoms with Crippen molar-refractivity contribution in [2.24, 2.45) is 0 Å². The fraction of sp³-hybridized carbons (Fsp3) is 0.500. The second-order valence-corrected chi connectivity index (χ2v) is 6.88. The van der Waals surface area contributed by atoms with E-state index in [0.717, 1.165) is 17.5 Å². The standard InChI is InChI=1S/C18H22FN3O3/c1-5-18(2,3)16-20-21-17(25-16)22-7-6-13-11(10-22)8-12(19)9-14(13)15(23)24-4/h8-9H,5-7,10H2,1-4H3. The SMILES string of the molecule is CCC(C)(C)c1nnc(N2CCc3c(cc(F)cc3C(=O)OC)C2)o1. The van der Waals surface area contributed by atoms with Crippen molar-refractivity contribution in [3.63, 3.8) is 0 Å². The molecule has 1 aliphatic rings. The number of aromatic nitrogens is 2. The van der Waals surface area contributed by atoms with Crippen molar-refractivity contribution in [1.29, 1.82) is 0 Å².